The molecule has 0 aliphatic carbocycles. The average Bonchev–Trinajstić information content (AvgIpc) is 1.67. The monoisotopic (exact) mass is 119 g/mol. The van der Waals surface area contributed by atoms with Crippen LogP contribution in [-0.4, -0.2) is 5.92 Å². The number of nitrogens with zero attached hydrogens (tertiary/aromatic N) is 1. The van der Waals surface area contributed by atoms with Crippen molar-refractivity contribution >= 4 is 0 Å². The number of nitriles is 1. The van der Waals surface area contributed by atoms with Gasteiger partial charge in [0.1, 0.15) is 0 Å². The van der Waals surface area contributed by atoms with Crippen LogP contribution in [0.5, 0.6) is 0 Å². The topological polar surface area (TPSA) is 23.8 Å². The summed E-state index contributed by atoms with van der Waals surface area (Å²) >= 11 is 0. The van der Waals surface area contributed by atoms with Crippen LogP contribution in [-0.2, 0) is 0 Å². The van der Waals surface area contributed by atoms with Gasteiger partial charge in [0.2, 0.25) is 0 Å². The lowest BCUT2D eigenvalue weighted by atomic mass is 10.2. The molecule has 0 atom stereocenters. The van der Waals surface area contributed by atoms with Gasteiger partial charge in [0, 0.05) is 6.42 Å². The van der Waals surface area contributed by atoms with E-state index in [0.717, 1.165) is 0 Å². The normalized spacial score (nSPS) is 10.8. The summed E-state index contributed by atoms with van der Waals surface area (Å²) in [6.07, 6.45) is -0.913. The van der Waals surface area contributed by atoms with Crippen molar-refractivity contribution in [3.05, 3.63) is 0 Å². The number of hydrogen-bond acceptors (Lipinski definition) is 1. The summed E-state index contributed by atoms with van der Waals surface area (Å²) in [6.45, 7) is 1.36. The predicted octanol–water partition coefficient (Wildman–Crippen LogP) is 1.95. The van der Waals surface area contributed by atoms with Crippen molar-refractivity contribution in [1.82, 2.24) is 0 Å². The second kappa shape index (κ2) is 2.61. The molecule has 46 valence electrons. The van der Waals surface area contributed by atoms with Gasteiger partial charge in [-0.1, -0.05) is 6.92 Å². The van der Waals surface area contributed by atoms with Crippen LogP contribution in [0.15, 0.2) is 0 Å². The van der Waals surface area contributed by atoms with Crippen LogP contribution in [0, 0.1) is 11.3 Å². The Bertz CT molecular complexity index is 103. The summed E-state index contributed by atoms with van der Waals surface area (Å²) in [5.41, 5.74) is 0. The van der Waals surface area contributed by atoms with Gasteiger partial charge >= 0.3 is 0 Å². The molecular formula is C5H7F2N. The van der Waals surface area contributed by atoms with E-state index in [0.29, 0.717) is 0 Å². The zero-order chi connectivity index (χ0) is 6.62. The van der Waals surface area contributed by atoms with E-state index >= 15 is 0 Å². The second-order valence-corrected chi connectivity index (χ2v) is 1.54. The van der Waals surface area contributed by atoms with Gasteiger partial charge in [-0.25, -0.2) is 8.78 Å². The van der Waals surface area contributed by atoms with E-state index in [9.17, 15) is 8.78 Å². The summed E-state index contributed by atoms with van der Waals surface area (Å²) in [5.74, 6) is -2.77. The van der Waals surface area contributed by atoms with Crippen LogP contribution in [0.2, 0.25) is 0 Å². The Morgan fingerprint density at radius 3 is 2.25 bits per heavy atom. The molecule has 0 amide bonds. The molecule has 0 aliphatic rings. The minimum Gasteiger partial charge on any atom is -0.206 e. The van der Waals surface area contributed by atoms with Gasteiger partial charge in [-0.3, -0.25) is 0 Å². The smallest absolute Gasteiger partial charge is 0.206 e. The summed E-state index contributed by atoms with van der Waals surface area (Å²) in [5, 5.41) is 7.80. The number of hydrogen-bond donors (Lipinski definition) is 0. The van der Waals surface area contributed by atoms with Crippen LogP contribution in [0.1, 0.15) is 19.8 Å². The Hall–Kier alpha value is -0.650. The van der Waals surface area contributed by atoms with Crippen molar-refractivity contribution in [2.75, 3.05) is 0 Å². The van der Waals surface area contributed by atoms with Gasteiger partial charge in [-0.05, 0) is 0 Å². The molecule has 0 aromatic carbocycles. The molecule has 0 rings (SSSR count). The van der Waals surface area contributed by atoms with E-state index in [2.05, 4.69) is 0 Å². The third kappa shape index (κ3) is 2.51. The first-order valence-electron chi connectivity index (χ1n) is 2.37. The molecule has 0 fully saturated rings. The Morgan fingerprint density at radius 1 is 1.62 bits per heavy atom. The zero-order valence-corrected chi connectivity index (χ0v) is 4.62. The van der Waals surface area contributed by atoms with Crippen molar-refractivity contribution in [2.45, 2.75) is 25.7 Å². The fraction of sp³-hybridized carbons (Fsp3) is 0.800. The van der Waals surface area contributed by atoms with Crippen LogP contribution >= 0.6 is 0 Å². The molecule has 0 aromatic rings. The molecule has 0 aliphatic heterocycles. The molecule has 0 unspecified atom stereocenters. The fourth-order valence-electron chi connectivity index (χ4n) is 0.241. The highest BCUT2D eigenvalue weighted by Crippen LogP contribution is 2.20. The maximum absolute atomic E-state index is 11.9. The largest absolute Gasteiger partial charge is 0.260 e. The highest BCUT2D eigenvalue weighted by atomic mass is 19.3. The quantitative estimate of drug-likeness (QED) is 0.545. The van der Waals surface area contributed by atoms with Gasteiger partial charge < -0.3 is 0 Å². The molecule has 0 bridgehead atoms. The Labute approximate surface area is 46.9 Å². The van der Waals surface area contributed by atoms with Crippen LogP contribution < -0.4 is 0 Å². The molecule has 0 saturated carbocycles. The number of rotatable bonds is 2. The molecule has 0 radical (unpaired) electrons. The van der Waals surface area contributed by atoms with Crippen LogP contribution in [0.4, 0.5) is 8.78 Å². The summed E-state index contributed by atoms with van der Waals surface area (Å²) in [4.78, 5) is 0. The summed E-state index contributed by atoms with van der Waals surface area (Å²) in [7, 11) is 0. The van der Waals surface area contributed by atoms with Gasteiger partial charge in [0.05, 0.1) is 12.5 Å². The SMILES string of the molecule is CCC(F)(F)CC#N. The number of halogens is 2. The van der Waals surface area contributed by atoms with Crippen molar-refractivity contribution in [1.29, 1.82) is 5.26 Å². The molecule has 8 heavy (non-hydrogen) atoms. The Balaban J connectivity index is 3.58. The highest BCUT2D eigenvalue weighted by molar-refractivity contribution is 4.79. The van der Waals surface area contributed by atoms with Crippen molar-refractivity contribution < 1.29 is 8.78 Å². The molecule has 1 nitrogen and oxygen atoms in total. The minimum atomic E-state index is -2.77. The third-order valence-corrected chi connectivity index (χ3v) is 0.855. The van der Waals surface area contributed by atoms with E-state index < -0.39 is 12.3 Å². The maximum atomic E-state index is 11.9. The average molecular weight is 119 g/mol. The Kier molecular flexibility index (Phi) is 2.40. The molecule has 0 aromatic heterocycles. The maximum Gasteiger partial charge on any atom is 0.260 e. The van der Waals surface area contributed by atoms with Gasteiger partial charge in [-0.15, -0.1) is 0 Å². The first-order chi connectivity index (χ1) is 3.62. The van der Waals surface area contributed by atoms with Gasteiger partial charge in [-0.2, -0.15) is 5.26 Å². The van der Waals surface area contributed by atoms with Crippen molar-refractivity contribution in [3.63, 3.8) is 0 Å². The van der Waals surface area contributed by atoms with E-state index in [4.69, 9.17) is 5.26 Å². The first kappa shape index (κ1) is 7.35. The highest BCUT2D eigenvalue weighted by Gasteiger charge is 2.24. The van der Waals surface area contributed by atoms with Gasteiger partial charge in [0.15, 0.2) is 0 Å². The first-order valence-corrected chi connectivity index (χ1v) is 2.37. The molecule has 0 N–H and O–H groups in total. The van der Waals surface area contributed by atoms with E-state index in [1.54, 1.807) is 0 Å². The molecular weight excluding hydrogens is 112 g/mol. The van der Waals surface area contributed by atoms with E-state index in [1.165, 1.54) is 13.0 Å². The number of alkyl halides is 2. The zero-order valence-electron chi connectivity index (χ0n) is 4.62. The fourth-order valence-corrected chi connectivity index (χ4v) is 0.241. The molecule has 0 heterocycles. The van der Waals surface area contributed by atoms with Crippen molar-refractivity contribution in [2.24, 2.45) is 0 Å². The third-order valence-electron chi connectivity index (χ3n) is 0.855. The second-order valence-electron chi connectivity index (χ2n) is 1.54. The molecule has 3 heteroatoms. The molecule has 0 spiro atoms. The van der Waals surface area contributed by atoms with E-state index in [1.807, 2.05) is 0 Å². The van der Waals surface area contributed by atoms with Crippen LogP contribution in [0.25, 0.3) is 0 Å². The predicted molar refractivity (Wildman–Crippen MR) is 25.5 cm³/mol. The summed E-state index contributed by atoms with van der Waals surface area (Å²) < 4.78 is 23.9. The lowest BCUT2D eigenvalue weighted by Crippen LogP contribution is -2.11. The minimum absolute atomic E-state index is 0.249. The van der Waals surface area contributed by atoms with Gasteiger partial charge in [0.25, 0.3) is 5.92 Å². The standard InChI is InChI=1S/C5H7F2N/c1-2-5(6,7)3-4-8/h2-3H2,1H3. The van der Waals surface area contributed by atoms with E-state index in [-0.39, 0.29) is 6.42 Å². The molecule has 0 saturated heterocycles. The summed E-state index contributed by atoms with van der Waals surface area (Å²) in [6, 6.07) is 1.41. The lowest BCUT2D eigenvalue weighted by Gasteiger charge is -2.06. The van der Waals surface area contributed by atoms with Crippen molar-refractivity contribution in [3.8, 4) is 6.07 Å². The lowest BCUT2D eigenvalue weighted by molar-refractivity contribution is 0.00237. The Morgan fingerprint density at radius 2 is 2.12 bits per heavy atom. The van der Waals surface area contributed by atoms with Crippen LogP contribution in [0.3, 0.4) is 0 Å².